The average molecular weight is 389 g/mol. The van der Waals surface area contributed by atoms with Crippen LogP contribution in [0.25, 0.3) is 0 Å². The molecule has 0 saturated carbocycles. The van der Waals surface area contributed by atoms with Crippen LogP contribution in [0.4, 0.5) is 18.9 Å². The fourth-order valence-corrected chi connectivity index (χ4v) is 4.99. The van der Waals surface area contributed by atoms with Crippen LogP contribution in [-0.4, -0.2) is 23.0 Å². The molecule has 9 heteroatoms. The molecule has 3 aliphatic rings. The fourth-order valence-electron chi connectivity index (χ4n) is 4.99. The summed E-state index contributed by atoms with van der Waals surface area (Å²) in [5, 5.41) is 18.3. The number of fused-ring (bicyclic) bond motifs is 5. The second-order valence-electron chi connectivity index (χ2n) is 7.79. The van der Waals surface area contributed by atoms with Crippen molar-refractivity contribution >= 4 is 17.5 Å². The van der Waals surface area contributed by atoms with Gasteiger partial charge in [-0.3, -0.25) is 9.59 Å². The van der Waals surface area contributed by atoms with E-state index in [1.807, 2.05) is 0 Å². The van der Waals surface area contributed by atoms with E-state index >= 15 is 0 Å². The van der Waals surface area contributed by atoms with E-state index in [9.17, 15) is 28.0 Å². The van der Waals surface area contributed by atoms with Gasteiger partial charge in [0.15, 0.2) is 0 Å². The van der Waals surface area contributed by atoms with E-state index in [1.54, 1.807) is 13.8 Å². The van der Waals surface area contributed by atoms with Crippen LogP contribution in [0, 0.1) is 40.4 Å². The number of ether oxygens (including phenoxy) is 1. The SMILES string of the molecule is C[C@]12O[C@](C)(C[C@H]1C#N)[C@H]1C(=O)N(c3ccc(C#N)c(C(F)(F)F)c3)C(=O)[C@H]12. The Morgan fingerprint density at radius 2 is 1.82 bits per heavy atom. The molecule has 0 aromatic heterocycles. The highest BCUT2D eigenvalue weighted by Gasteiger charge is 2.76. The molecule has 3 aliphatic heterocycles. The second-order valence-corrected chi connectivity index (χ2v) is 7.79. The molecule has 4 rings (SSSR count). The van der Waals surface area contributed by atoms with E-state index in [4.69, 9.17) is 10.00 Å². The molecule has 0 unspecified atom stereocenters. The monoisotopic (exact) mass is 389 g/mol. The van der Waals surface area contributed by atoms with Gasteiger partial charge in [0, 0.05) is 0 Å². The van der Waals surface area contributed by atoms with Gasteiger partial charge >= 0.3 is 6.18 Å². The van der Waals surface area contributed by atoms with Gasteiger partial charge in [0.25, 0.3) is 0 Å². The zero-order valence-electron chi connectivity index (χ0n) is 14.9. The molecular formula is C19H14F3N3O3. The summed E-state index contributed by atoms with van der Waals surface area (Å²) in [6.45, 7) is 3.26. The molecule has 2 amide bonds. The Labute approximate surface area is 158 Å². The molecule has 2 bridgehead atoms. The van der Waals surface area contributed by atoms with Gasteiger partial charge in [-0.2, -0.15) is 23.7 Å². The van der Waals surface area contributed by atoms with Crippen molar-refractivity contribution in [1.82, 2.24) is 0 Å². The predicted octanol–water partition coefficient (Wildman–Crippen LogP) is 2.77. The third-order valence-corrected chi connectivity index (χ3v) is 6.18. The molecule has 0 aliphatic carbocycles. The Hall–Kier alpha value is -2.91. The molecule has 1 aromatic rings. The highest BCUT2D eigenvalue weighted by Crippen LogP contribution is 2.63. The lowest BCUT2D eigenvalue weighted by Crippen LogP contribution is -2.45. The van der Waals surface area contributed by atoms with E-state index in [0.717, 1.165) is 17.0 Å². The number of halogens is 3. The van der Waals surface area contributed by atoms with Gasteiger partial charge in [-0.25, -0.2) is 4.90 Å². The topological polar surface area (TPSA) is 94.2 Å². The predicted molar refractivity (Wildman–Crippen MR) is 87.2 cm³/mol. The minimum Gasteiger partial charge on any atom is -0.366 e. The van der Waals surface area contributed by atoms with E-state index in [2.05, 4.69) is 6.07 Å². The first-order valence-electron chi connectivity index (χ1n) is 8.57. The number of alkyl halides is 3. The van der Waals surface area contributed by atoms with Crippen LogP contribution < -0.4 is 4.90 Å². The Morgan fingerprint density at radius 1 is 1.18 bits per heavy atom. The lowest BCUT2D eigenvalue weighted by atomic mass is 9.64. The average Bonchev–Trinajstić information content (AvgIpc) is 3.14. The van der Waals surface area contributed by atoms with Crippen molar-refractivity contribution in [3.05, 3.63) is 29.3 Å². The smallest absolute Gasteiger partial charge is 0.366 e. The zero-order valence-corrected chi connectivity index (χ0v) is 14.9. The lowest BCUT2D eigenvalue weighted by Gasteiger charge is -2.31. The van der Waals surface area contributed by atoms with Gasteiger partial charge in [-0.1, -0.05) is 0 Å². The van der Waals surface area contributed by atoms with Crippen LogP contribution in [0.3, 0.4) is 0 Å². The zero-order chi connectivity index (χ0) is 20.6. The van der Waals surface area contributed by atoms with Gasteiger partial charge in [-0.05, 0) is 38.5 Å². The van der Waals surface area contributed by atoms with E-state index in [1.165, 1.54) is 6.07 Å². The van der Waals surface area contributed by atoms with Crippen LogP contribution in [-0.2, 0) is 20.5 Å². The van der Waals surface area contributed by atoms with Gasteiger partial charge < -0.3 is 4.74 Å². The molecule has 6 nitrogen and oxygen atoms in total. The highest BCUT2D eigenvalue weighted by molar-refractivity contribution is 6.23. The number of imide groups is 1. The summed E-state index contributed by atoms with van der Waals surface area (Å²) in [5.41, 5.74) is -4.24. The Kier molecular flexibility index (Phi) is 3.51. The largest absolute Gasteiger partial charge is 0.417 e. The summed E-state index contributed by atoms with van der Waals surface area (Å²) in [7, 11) is 0. The quantitative estimate of drug-likeness (QED) is 0.689. The lowest BCUT2D eigenvalue weighted by molar-refractivity contribution is -0.138. The molecule has 28 heavy (non-hydrogen) atoms. The standard InChI is InChI=1S/C19H14F3N3O3/c1-17-6-10(8-24)18(2,28-17)14-13(17)15(26)25(16(14)27)11-4-3-9(7-23)12(5-11)19(20,21)22/h3-5,10,13-14H,6H2,1-2H3/t10-,13+,14-,17+,18-/m0/s1. The van der Waals surface area contributed by atoms with Gasteiger partial charge in [0.1, 0.15) is 0 Å². The summed E-state index contributed by atoms with van der Waals surface area (Å²) in [4.78, 5) is 26.9. The number of rotatable bonds is 1. The number of nitriles is 2. The summed E-state index contributed by atoms with van der Waals surface area (Å²) in [6, 6.07) is 6.32. The van der Waals surface area contributed by atoms with E-state index in [-0.39, 0.29) is 12.1 Å². The molecule has 3 saturated heterocycles. The number of carbonyl (C=O) groups excluding carboxylic acids is 2. The minimum absolute atomic E-state index is 0.240. The maximum absolute atomic E-state index is 13.3. The van der Waals surface area contributed by atoms with Crippen molar-refractivity contribution in [3.63, 3.8) is 0 Å². The molecule has 5 atom stereocenters. The van der Waals surface area contributed by atoms with Crippen LogP contribution in [0.1, 0.15) is 31.4 Å². The van der Waals surface area contributed by atoms with Crippen molar-refractivity contribution in [2.24, 2.45) is 17.8 Å². The molecule has 0 spiro atoms. The first-order chi connectivity index (χ1) is 13.0. The second kappa shape index (κ2) is 5.33. The highest BCUT2D eigenvalue weighted by atomic mass is 19.4. The number of amides is 2. The van der Waals surface area contributed by atoms with E-state index in [0.29, 0.717) is 6.07 Å². The summed E-state index contributed by atoms with van der Waals surface area (Å²) < 4.78 is 45.8. The number of carbonyl (C=O) groups is 2. The first kappa shape index (κ1) is 18.5. The van der Waals surface area contributed by atoms with Crippen molar-refractivity contribution in [1.29, 1.82) is 10.5 Å². The van der Waals surface area contributed by atoms with Crippen molar-refractivity contribution < 1.29 is 27.5 Å². The number of anilines is 1. The van der Waals surface area contributed by atoms with Crippen LogP contribution in [0.2, 0.25) is 0 Å². The first-order valence-corrected chi connectivity index (χ1v) is 8.57. The van der Waals surface area contributed by atoms with Crippen LogP contribution >= 0.6 is 0 Å². The minimum atomic E-state index is -4.81. The third kappa shape index (κ3) is 2.11. The summed E-state index contributed by atoms with van der Waals surface area (Å²) in [5.74, 6) is -3.72. The molecule has 3 fully saturated rings. The maximum Gasteiger partial charge on any atom is 0.417 e. The van der Waals surface area contributed by atoms with Gasteiger partial charge in [0.2, 0.25) is 11.8 Å². The van der Waals surface area contributed by atoms with Crippen LogP contribution in [0.5, 0.6) is 0 Å². The Morgan fingerprint density at radius 3 is 2.39 bits per heavy atom. The molecule has 0 N–H and O–H groups in total. The Bertz CT molecular complexity index is 1010. The van der Waals surface area contributed by atoms with Crippen molar-refractivity contribution in [2.45, 2.75) is 37.6 Å². The summed E-state index contributed by atoms with van der Waals surface area (Å²) >= 11 is 0. The molecule has 144 valence electrons. The number of hydrogen-bond acceptors (Lipinski definition) is 5. The molecular weight excluding hydrogens is 375 g/mol. The fraction of sp³-hybridized carbons (Fsp3) is 0.474. The maximum atomic E-state index is 13.3. The molecule has 3 heterocycles. The normalized spacial score (nSPS) is 36.4. The Balaban J connectivity index is 1.81. The number of hydrogen-bond donors (Lipinski definition) is 0. The third-order valence-electron chi connectivity index (χ3n) is 6.18. The van der Waals surface area contributed by atoms with Gasteiger partial charge in [0.05, 0.1) is 57.9 Å². The number of nitrogens with zero attached hydrogens (tertiary/aromatic N) is 3. The number of benzene rings is 1. The van der Waals surface area contributed by atoms with E-state index < -0.39 is 58.1 Å². The van der Waals surface area contributed by atoms with Gasteiger partial charge in [-0.15, -0.1) is 0 Å². The summed E-state index contributed by atoms with van der Waals surface area (Å²) in [6.07, 6.45) is -4.54. The van der Waals surface area contributed by atoms with Crippen LogP contribution in [0.15, 0.2) is 18.2 Å². The molecule has 0 radical (unpaired) electrons. The van der Waals surface area contributed by atoms with Crippen molar-refractivity contribution in [2.75, 3.05) is 4.90 Å². The molecule has 1 aromatic carbocycles. The van der Waals surface area contributed by atoms with Crippen molar-refractivity contribution in [3.8, 4) is 12.1 Å².